The average Bonchev–Trinajstić information content (AvgIpc) is 2.26. The number of carboxylic acids is 1. The maximum Gasteiger partial charge on any atom is 0.303 e. The molecule has 0 fully saturated rings. The number of carboxylic acid groups (broad SMARTS) is 1. The summed E-state index contributed by atoms with van der Waals surface area (Å²) in [6, 6.07) is 0. The smallest absolute Gasteiger partial charge is 0.303 e. The molecule has 1 N–H and O–H groups in total. The van der Waals surface area contributed by atoms with Gasteiger partial charge in [-0.15, -0.1) is 0 Å². The molecule has 0 saturated carbocycles. The molecule has 0 aromatic rings. The van der Waals surface area contributed by atoms with Crippen LogP contribution in [0.2, 0.25) is 0 Å². The van der Waals surface area contributed by atoms with Gasteiger partial charge in [0.2, 0.25) is 0 Å². The second-order valence-corrected chi connectivity index (χ2v) is 5.85. The van der Waals surface area contributed by atoms with Gasteiger partial charge in [-0.05, 0) is 40.5 Å². The van der Waals surface area contributed by atoms with Crippen LogP contribution in [0.4, 0.5) is 0 Å². The monoisotopic (exact) mass is 276 g/mol. The molecule has 5 heteroatoms. The van der Waals surface area contributed by atoms with Crippen molar-refractivity contribution in [3.63, 3.8) is 0 Å². The van der Waals surface area contributed by atoms with Crippen LogP contribution in [0.15, 0.2) is 0 Å². The van der Waals surface area contributed by atoms with Gasteiger partial charge in [0, 0.05) is 13.5 Å². The summed E-state index contributed by atoms with van der Waals surface area (Å²) in [5, 5.41) is 8.66. The van der Waals surface area contributed by atoms with Crippen molar-refractivity contribution in [1.82, 2.24) is 0 Å². The van der Waals surface area contributed by atoms with E-state index in [9.17, 15) is 4.79 Å². The third-order valence-electron chi connectivity index (χ3n) is 2.92. The Kier molecular flexibility index (Phi) is 8.22. The summed E-state index contributed by atoms with van der Waals surface area (Å²) in [4.78, 5) is 10.5. The first-order valence-corrected chi connectivity index (χ1v) is 6.67. The Morgan fingerprint density at radius 2 is 1.47 bits per heavy atom. The standard InChI is InChI=1S/C14H28O5/c1-13(2,7-6-12(15)16)18-9-8-14(3,4)19-11-10-17-5/h6-11H2,1-5H3,(H,15,16). The van der Waals surface area contributed by atoms with E-state index in [0.29, 0.717) is 26.2 Å². The molecule has 0 aliphatic heterocycles. The van der Waals surface area contributed by atoms with Crippen LogP contribution < -0.4 is 0 Å². The second kappa shape index (κ2) is 8.51. The third kappa shape index (κ3) is 10.9. The van der Waals surface area contributed by atoms with Crippen molar-refractivity contribution in [2.45, 2.75) is 58.2 Å². The predicted molar refractivity (Wildman–Crippen MR) is 73.4 cm³/mol. The topological polar surface area (TPSA) is 65.0 Å². The molecular weight excluding hydrogens is 248 g/mol. The van der Waals surface area contributed by atoms with Crippen LogP contribution in [0.3, 0.4) is 0 Å². The Balaban J connectivity index is 3.89. The molecule has 5 nitrogen and oxygen atoms in total. The summed E-state index contributed by atoms with van der Waals surface area (Å²) >= 11 is 0. The van der Waals surface area contributed by atoms with E-state index in [4.69, 9.17) is 19.3 Å². The summed E-state index contributed by atoms with van der Waals surface area (Å²) in [5.41, 5.74) is -0.678. The van der Waals surface area contributed by atoms with E-state index in [1.54, 1.807) is 7.11 Å². The average molecular weight is 276 g/mol. The Morgan fingerprint density at radius 3 is 2.00 bits per heavy atom. The normalized spacial score (nSPS) is 12.7. The molecule has 0 spiro atoms. The zero-order valence-electron chi connectivity index (χ0n) is 12.8. The number of hydrogen-bond acceptors (Lipinski definition) is 4. The van der Waals surface area contributed by atoms with Crippen molar-refractivity contribution < 1.29 is 24.1 Å². The lowest BCUT2D eigenvalue weighted by Gasteiger charge is -2.29. The molecule has 0 heterocycles. The highest BCUT2D eigenvalue weighted by Crippen LogP contribution is 2.20. The Hall–Kier alpha value is -0.650. The molecular formula is C14H28O5. The summed E-state index contributed by atoms with van der Waals surface area (Å²) < 4.78 is 16.4. The lowest BCUT2D eigenvalue weighted by molar-refractivity contribution is -0.139. The van der Waals surface area contributed by atoms with Crippen molar-refractivity contribution in [1.29, 1.82) is 0 Å². The van der Waals surface area contributed by atoms with Gasteiger partial charge in [0.1, 0.15) is 0 Å². The first-order chi connectivity index (χ1) is 8.68. The van der Waals surface area contributed by atoms with E-state index in [-0.39, 0.29) is 12.0 Å². The highest BCUT2D eigenvalue weighted by molar-refractivity contribution is 5.66. The number of hydrogen-bond donors (Lipinski definition) is 1. The maximum absolute atomic E-state index is 10.5. The van der Waals surface area contributed by atoms with E-state index in [1.165, 1.54) is 0 Å². The molecule has 19 heavy (non-hydrogen) atoms. The van der Waals surface area contributed by atoms with Gasteiger partial charge in [-0.25, -0.2) is 0 Å². The molecule has 0 aliphatic carbocycles. The summed E-state index contributed by atoms with van der Waals surface area (Å²) in [6.45, 7) is 9.53. The fourth-order valence-corrected chi connectivity index (χ4v) is 1.53. The van der Waals surface area contributed by atoms with Gasteiger partial charge in [0.15, 0.2) is 0 Å². The van der Waals surface area contributed by atoms with Gasteiger partial charge in [-0.3, -0.25) is 4.79 Å². The fraction of sp³-hybridized carbons (Fsp3) is 0.929. The van der Waals surface area contributed by atoms with Crippen molar-refractivity contribution >= 4 is 5.97 Å². The Labute approximate surface area is 116 Å². The lowest BCUT2D eigenvalue weighted by atomic mass is 10.0. The van der Waals surface area contributed by atoms with Crippen LogP contribution in [0.5, 0.6) is 0 Å². The molecule has 0 bridgehead atoms. The molecule has 0 rings (SSSR count). The number of aliphatic carboxylic acids is 1. The summed E-state index contributed by atoms with van der Waals surface area (Å²) in [7, 11) is 1.64. The minimum absolute atomic E-state index is 0.126. The van der Waals surface area contributed by atoms with Crippen molar-refractivity contribution in [3.8, 4) is 0 Å². The maximum atomic E-state index is 10.5. The van der Waals surface area contributed by atoms with E-state index in [1.807, 2.05) is 27.7 Å². The van der Waals surface area contributed by atoms with Crippen LogP contribution in [-0.4, -0.2) is 49.2 Å². The van der Waals surface area contributed by atoms with Crippen LogP contribution in [0, 0.1) is 0 Å². The van der Waals surface area contributed by atoms with Crippen molar-refractivity contribution in [3.05, 3.63) is 0 Å². The van der Waals surface area contributed by atoms with Gasteiger partial charge in [0.25, 0.3) is 0 Å². The first-order valence-electron chi connectivity index (χ1n) is 6.67. The number of carbonyl (C=O) groups is 1. The molecule has 114 valence electrons. The fourth-order valence-electron chi connectivity index (χ4n) is 1.53. The van der Waals surface area contributed by atoms with Crippen LogP contribution in [0.25, 0.3) is 0 Å². The van der Waals surface area contributed by atoms with Crippen molar-refractivity contribution in [2.75, 3.05) is 26.9 Å². The summed E-state index contributed by atoms with van der Waals surface area (Å²) in [6.07, 6.45) is 1.39. The molecule has 0 aromatic heterocycles. The molecule has 0 amide bonds. The SMILES string of the molecule is COCCOC(C)(C)CCOC(C)(C)CCC(=O)O. The molecule has 0 aliphatic rings. The zero-order chi connectivity index (χ0) is 14.9. The van der Waals surface area contributed by atoms with Gasteiger partial charge >= 0.3 is 5.97 Å². The highest BCUT2D eigenvalue weighted by Gasteiger charge is 2.23. The molecule has 0 radical (unpaired) electrons. The Morgan fingerprint density at radius 1 is 0.947 bits per heavy atom. The van der Waals surface area contributed by atoms with Gasteiger partial charge in [0.05, 0.1) is 31.0 Å². The van der Waals surface area contributed by atoms with Gasteiger partial charge in [-0.2, -0.15) is 0 Å². The lowest BCUT2D eigenvalue weighted by Crippen LogP contribution is -2.32. The van der Waals surface area contributed by atoms with E-state index >= 15 is 0 Å². The zero-order valence-corrected chi connectivity index (χ0v) is 12.8. The predicted octanol–water partition coefficient (Wildman–Crippen LogP) is 2.48. The quantitative estimate of drug-likeness (QED) is 0.587. The third-order valence-corrected chi connectivity index (χ3v) is 2.92. The number of methoxy groups -OCH3 is 1. The minimum atomic E-state index is -0.792. The van der Waals surface area contributed by atoms with Crippen LogP contribution >= 0.6 is 0 Å². The van der Waals surface area contributed by atoms with Crippen LogP contribution in [-0.2, 0) is 19.0 Å². The van der Waals surface area contributed by atoms with Gasteiger partial charge in [-0.1, -0.05) is 0 Å². The molecule has 0 saturated heterocycles. The van der Waals surface area contributed by atoms with Crippen molar-refractivity contribution in [2.24, 2.45) is 0 Å². The second-order valence-electron chi connectivity index (χ2n) is 5.85. The van der Waals surface area contributed by atoms with Gasteiger partial charge < -0.3 is 19.3 Å². The van der Waals surface area contributed by atoms with E-state index < -0.39 is 11.6 Å². The largest absolute Gasteiger partial charge is 0.481 e. The number of rotatable bonds is 11. The summed E-state index contributed by atoms with van der Waals surface area (Å²) in [5.74, 6) is -0.792. The molecule has 0 atom stereocenters. The molecule has 0 unspecified atom stereocenters. The van der Waals surface area contributed by atoms with Crippen LogP contribution in [0.1, 0.15) is 47.0 Å². The Bertz CT molecular complexity index is 261. The van der Waals surface area contributed by atoms with E-state index in [2.05, 4.69) is 0 Å². The first kappa shape index (κ1) is 18.4. The minimum Gasteiger partial charge on any atom is -0.481 e. The highest BCUT2D eigenvalue weighted by atomic mass is 16.5. The number of ether oxygens (including phenoxy) is 3. The molecule has 0 aromatic carbocycles. The van der Waals surface area contributed by atoms with E-state index in [0.717, 1.165) is 6.42 Å².